The molecule has 0 spiro atoms. The van der Waals surface area contributed by atoms with Crippen LogP contribution in [0, 0.1) is 0 Å². The van der Waals surface area contributed by atoms with Crippen molar-refractivity contribution in [2.24, 2.45) is 5.73 Å². The average molecular weight is 302 g/mol. The van der Waals surface area contributed by atoms with Gasteiger partial charge in [-0.2, -0.15) is 0 Å². The van der Waals surface area contributed by atoms with E-state index >= 15 is 0 Å². The Morgan fingerprint density at radius 2 is 2.00 bits per heavy atom. The summed E-state index contributed by atoms with van der Waals surface area (Å²) in [4.78, 5) is 0.900. The summed E-state index contributed by atoms with van der Waals surface area (Å²) in [7, 11) is 0. The number of benzene rings is 1. The van der Waals surface area contributed by atoms with E-state index in [0.717, 1.165) is 10.4 Å². The summed E-state index contributed by atoms with van der Waals surface area (Å²) in [6, 6.07) is 9.14. The van der Waals surface area contributed by atoms with Gasteiger partial charge in [0.1, 0.15) is 0 Å². The summed E-state index contributed by atoms with van der Waals surface area (Å²) < 4.78 is 0. The van der Waals surface area contributed by atoms with Crippen molar-refractivity contribution in [1.82, 2.24) is 0 Å². The molecule has 0 amide bonds. The van der Waals surface area contributed by atoms with Crippen LogP contribution in [0.4, 0.5) is 0 Å². The van der Waals surface area contributed by atoms with Gasteiger partial charge in [0.2, 0.25) is 0 Å². The Balaban J connectivity index is 2.30. The third-order valence-corrected chi connectivity index (χ3v) is 4.52. The van der Waals surface area contributed by atoms with Crippen molar-refractivity contribution in [2.75, 3.05) is 6.54 Å². The van der Waals surface area contributed by atoms with Gasteiger partial charge in [-0.05, 0) is 29.1 Å². The van der Waals surface area contributed by atoms with Crippen LogP contribution in [0.1, 0.15) is 22.5 Å². The van der Waals surface area contributed by atoms with E-state index in [4.69, 9.17) is 28.9 Å². The van der Waals surface area contributed by atoms with Crippen molar-refractivity contribution in [3.63, 3.8) is 0 Å². The summed E-state index contributed by atoms with van der Waals surface area (Å²) in [5, 5.41) is 13.2. The van der Waals surface area contributed by atoms with Gasteiger partial charge in [-0.25, -0.2) is 0 Å². The van der Waals surface area contributed by atoms with Crippen LogP contribution in [-0.4, -0.2) is 11.7 Å². The number of hydrogen-bond acceptors (Lipinski definition) is 3. The van der Waals surface area contributed by atoms with Crippen LogP contribution in [0.5, 0.6) is 0 Å². The number of halogens is 2. The van der Waals surface area contributed by atoms with Gasteiger partial charge in [-0.15, -0.1) is 11.3 Å². The quantitative estimate of drug-likeness (QED) is 0.901. The molecule has 1 aromatic heterocycles. The van der Waals surface area contributed by atoms with E-state index in [-0.39, 0.29) is 5.92 Å². The van der Waals surface area contributed by atoms with Crippen LogP contribution in [0.15, 0.2) is 35.7 Å². The second-order valence-corrected chi connectivity index (χ2v) is 5.77. The summed E-state index contributed by atoms with van der Waals surface area (Å²) in [5.41, 5.74) is 6.66. The third kappa shape index (κ3) is 2.87. The first kappa shape index (κ1) is 13.8. The van der Waals surface area contributed by atoms with Crippen LogP contribution in [-0.2, 0) is 0 Å². The van der Waals surface area contributed by atoms with Crippen molar-refractivity contribution in [3.05, 3.63) is 56.2 Å². The monoisotopic (exact) mass is 301 g/mol. The summed E-state index contributed by atoms with van der Waals surface area (Å²) in [5.74, 6) is -0.182. The molecule has 2 nitrogen and oxygen atoms in total. The Bertz CT molecular complexity index is 516. The van der Waals surface area contributed by atoms with Crippen LogP contribution >= 0.6 is 34.5 Å². The Hall–Kier alpha value is -0.580. The molecule has 3 N–H and O–H groups in total. The van der Waals surface area contributed by atoms with Crippen LogP contribution in [0.3, 0.4) is 0 Å². The molecule has 0 aliphatic heterocycles. The minimum atomic E-state index is -0.618. The standard InChI is InChI=1S/C13H13Cl2NOS/c14-10-4-3-8(6-11(10)15)9(7-16)13(17)12-2-1-5-18-12/h1-6,9,13,17H,7,16H2. The molecule has 0 aliphatic rings. The topological polar surface area (TPSA) is 46.2 Å². The van der Waals surface area contributed by atoms with E-state index in [1.165, 1.54) is 11.3 Å². The maximum atomic E-state index is 10.3. The fraction of sp³-hybridized carbons (Fsp3) is 0.231. The normalized spacial score (nSPS) is 14.4. The second kappa shape index (κ2) is 6.04. The predicted molar refractivity (Wildman–Crippen MR) is 77.5 cm³/mol. The van der Waals surface area contributed by atoms with E-state index < -0.39 is 6.10 Å². The number of rotatable bonds is 4. The number of aliphatic hydroxyl groups is 1. The zero-order valence-electron chi connectivity index (χ0n) is 9.51. The minimum absolute atomic E-state index is 0.182. The molecule has 2 unspecified atom stereocenters. The van der Waals surface area contributed by atoms with Crippen LogP contribution in [0.2, 0.25) is 10.0 Å². The SMILES string of the molecule is NCC(c1ccc(Cl)c(Cl)c1)C(O)c1cccs1. The van der Waals surface area contributed by atoms with Gasteiger partial charge in [-0.1, -0.05) is 35.3 Å². The van der Waals surface area contributed by atoms with Gasteiger partial charge in [0.05, 0.1) is 16.1 Å². The zero-order chi connectivity index (χ0) is 13.1. The van der Waals surface area contributed by atoms with Crippen molar-refractivity contribution in [1.29, 1.82) is 0 Å². The molecule has 18 heavy (non-hydrogen) atoms. The lowest BCUT2D eigenvalue weighted by Gasteiger charge is -2.21. The van der Waals surface area contributed by atoms with E-state index in [1.807, 2.05) is 23.6 Å². The highest BCUT2D eigenvalue weighted by Crippen LogP contribution is 2.35. The second-order valence-electron chi connectivity index (χ2n) is 3.98. The van der Waals surface area contributed by atoms with Crippen LogP contribution in [0.25, 0.3) is 0 Å². The lowest BCUT2D eigenvalue weighted by Crippen LogP contribution is -2.19. The van der Waals surface area contributed by atoms with Gasteiger partial charge in [0.15, 0.2) is 0 Å². The number of nitrogens with two attached hydrogens (primary N) is 1. The fourth-order valence-corrected chi connectivity index (χ4v) is 2.93. The molecular weight excluding hydrogens is 289 g/mol. The Labute approximate surface area is 120 Å². The lowest BCUT2D eigenvalue weighted by molar-refractivity contribution is 0.151. The highest BCUT2D eigenvalue weighted by atomic mass is 35.5. The molecule has 0 radical (unpaired) electrons. The molecule has 1 heterocycles. The Morgan fingerprint density at radius 1 is 1.22 bits per heavy atom. The third-order valence-electron chi connectivity index (χ3n) is 2.84. The van der Waals surface area contributed by atoms with Crippen LogP contribution < -0.4 is 5.73 Å². The molecule has 2 atom stereocenters. The number of aliphatic hydroxyl groups excluding tert-OH is 1. The minimum Gasteiger partial charge on any atom is -0.387 e. The first-order valence-electron chi connectivity index (χ1n) is 5.50. The fourth-order valence-electron chi connectivity index (χ4n) is 1.85. The van der Waals surface area contributed by atoms with E-state index in [9.17, 15) is 5.11 Å². The molecule has 1 aromatic carbocycles. The molecule has 2 aromatic rings. The maximum absolute atomic E-state index is 10.3. The van der Waals surface area contributed by atoms with Crippen molar-refractivity contribution >= 4 is 34.5 Å². The predicted octanol–water partition coefficient (Wildman–Crippen LogP) is 3.83. The molecule has 0 saturated heterocycles. The molecular formula is C13H13Cl2NOS. The van der Waals surface area contributed by atoms with Gasteiger partial charge >= 0.3 is 0 Å². The highest BCUT2D eigenvalue weighted by Gasteiger charge is 2.22. The van der Waals surface area contributed by atoms with E-state index in [2.05, 4.69) is 0 Å². The smallest absolute Gasteiger partial charge is 0.0962 e. The number of hydrogen-bond donors (Lipinski definition) is 2. The molecule has 0 bridgehead atoms. The summed E-state index contributed by atoms with van der Waals surface area (Å²) in [6.45, 7) is 0.344. The van der Waals surface area contributed by atoms with Crippen molar-refractivity contribution < 1.29 is 5.11 Å². The molecule has 0 aliphatic carbocycles. The molecule has 96 valence electrons. The zero-order valence-corrected chi connectivity index (χ0v) is 11.8. The van der Waals surface area contributed by atoms with E-state index in [0.29, 0.717) is 16.6 Å². The van der Waals surface area contributed by atoms with Gasteiger partial charge in [0, 0.05) is 17.3 Å². The van der Waals surface area contributed by atoms with E-state index in [1.54, 1.807) is 12.1 Å². The number of thiophene rings is 1. The summed E-state index contributed by atoms with van der Waals surface area (Å²) >= 11 is 13.4. The average Bonchev–Trinajstić information content (AvgIpc) is 2.88. The molecule has 5 heteroatoms. The van der Waals surface area contributed by atoms with Gasteiger partial charge in [-0.3, -0.25) is 0 Å². The Morgan fingerprint density at radius 3 is 2.56 bits per heavy atom. The largest absolute Gasteiger partial charge is 0.387 e. The van der Waals surface area contributed by atoms with Gasteiger partial charge < -0.3 is 10.8 Å². The Kier molecular flexibility index (Phi) is 4.65. The maximum Gasteiger partial charge on any atom is 0.0962 e. The van der Waals surface area contributed by atoms with Crippen molar-refractivity contribution in [3.8, 4) is 0 Å². The van der Waals surface area contributed by atoms with Gasteiger partial charge in [0.25, 0.3) is 0 Å². The lowest BCUT2D eigenvalue weighted by atomic mass is 9.92. The van der Waals surface area contributed by atoms with Crippen molar-refractivity contribution in [2.45, 2.75) is 12.0 Å². The first-order chi connectivity index (χ1) is 8.63. The molecule has 0 saturated carbocycles. The highest BCUT2D eigenvalue weighted by molar-refractivity contribution is 7.10. The molecule has 0 fully saturated rings. The first-order valence-corrected chi connectivity index (χ1v) is 7.13. The summed E-state index contributed by atoms with van der Waals surface area (Å²) in [6.07, 6.45) is -0.618. The molecule has 2 rings (SSSR count).